The van der Waals surface area contributed by atoms with E-state index in [-0.39, 0.29) is 12.2 Å². The number of halogens is 3. The molecule has 0 aromatic heterocycles. The number of fused-ring (bicyclic) bond motifs is 1. The topological polar surface area (TPSA) is 26.3 Å². The highest BCUT2D eigenvalue weighted by atomic mass is 79.9. The fourth-order valence-corrected chi connectivity index (χ4v) is 3.18. The van der Waals surface area contributed by atoms with Crippen LogP contribution in [0.4, 0.5) is 0 Å². The molecule has 0 atom stereocenters. The Labute approximate surface area is 141 Å². The van der Waals surface area contributed by atoms with E-state index in [0.29, 0.717) is 26.7 Å². The third kappa shape index (κ3) is 3.10. The Morgan fingerprint density at radius 3 is 2.81 bits per heavy atom. The zero-order valence-corrected chi connectivity index (χ0v) is 14.1. The van der Waals surface area contributed by atoms with E-state index in [1.807, 2.05) is 6.07 Å². The first-order valence-electron chi connectivity index (χ1n) is 6.47. The van der Waals surface area contributed by atoms with Gasteiger partial charge in [0, 0.05) is 33.5 Å². The fraction of sp³-hybridized carbons (Fsp3) is 0.188. The largest absolute Gasteiger partial charge is 0.493 e. The van der Waals surface area contributed by atoms with Gasteiger partial charge in [-0.25, -0.2) is 0 Å². The van der Waals surface area contributed by atoms with Crippen LogP contribution in [0.5, 0.6) is 5.75 Å². The van der Waals surface area contributed by atoms with Crippen LogP contribution in [0.25, 0.3) is 0 Å². The number of carbonyl (C=O) groups is 1. The van der Waals surface area contributed by atoms with Crippen molar-refractivity contribution in [2.75, 3.05) is 6.61 Å². The van der Waals surface area contributed by atoms with E-state index in [4.69, 9.17) is 27.9 Å². The molecule has 0 bridgehead atoms. The first-order valence-corrected chi connectivity index (χ1v) is 8.02. The number of ketones is 1. The van der Waals surface area contributed by atoms with E-state index in [0.717, 1.165) is 23.3 Å². The maximum atomic E-state index is 12.4. The summed E-state index contributed by atoms with van der Waals surface area (Å²) in [5, 5.41) is 1.22. The van der Waals surface area contributed by atoms with Gasteiger partial charge in [0.25, 0.3) is 0 Å². The molecule has 0 aliphatic carbocycles. The number of hydrogen-bond donors (Lipinski definition) is 0. The second-order valence-corrected chi connectivity index (χ2v) is 6.58. The van der Waals surface area contributed by atoms with Gasteiger partial charge in [-0.05, 0) is 51.8 Å². The van der Waals surface area contributed by atoms with Crippen molar-refractivity contribution < 1.29 is 9.53 Å². The van der Waals surface area contributed by atoms with Crippen LogP contribution in [0.1, 0.15) is 21.5 Å². The van der Waals surface area contributed by atoms with Crippen LogP contribution >= 0.6 is 39.1 Å². The lowest BCUT2D eigenvalue weighted by Crippen LogP contribution is -2.05. The summed E-state index contributed by atoms with van der Waals surface area (Å²) in [5.41, 5.74) is 2.52. The molecule has 1 aliphatic heterocycles. The molecular formula is C16H11BrCl2O2. The van der Waals surface area contributed by atoms with Gasteiger partial charge < -0.3 is 4.74 Å². The minimum Gasteiger partial charge on any atom is -0.493 e. The summed E-state index contributed by atoms with van der Waals surface area (Å²) in [5.74, 6) is 0.813. The summed E-state index contributed by atoms with van der Waals surface area (Å²) >= 11 is 15.4. The van der Waals surface area contributed by atoms with Crippen molar-refractivity contribution in [3.05, 3.63) is 61.5 Å². The lowest BCUT2D eigenvalue weighted by Gasteiger charge is -2.09. The summed E-state index contributed by atoms with van der Waals surface area (Å²) < 4.78 is 6.33. The Morgan fingerprint density at radius 1 is 1.24 bits per heavy atom. The van der Waals surface area contributed by atoms with Crippen molar-refractivity contribution in [2.24, 2.45) is 0 Å². The number of carbonyl (C=O) groups excluding carboxylic acids is 1. The number of ether oxygens (including phenoxy) is 1. The Hall–Kier alpha value is -1.03. The second-order valence-electron chi connectivity index (χ2n) is 4.88. The van der Waals surface area contributed by atoms with Crippen molar-refractivity contribution >= 4 is 44.9 Å². The maximum Gasteiger partial charge on any atom is 0.167 e. The molecule has 1 aliphatic rings. The van der Waals surface area contributed by atoms with Crippen LogP contribution in [-0.2, 0) is 12.8 Å². The van der Waals surface area contributed by atoms with Crippen molar-refractivity contribution in [2.45, 2.75) is 12.8 Å². The van der Waals surface area contributed by atoms with Crippen molar-refractivity contribution in [1.82, 2.24) is 0 Å². The third-order valence-corrected chi connectivity index (χ3v) is 4.85. The average molecular weight is 386 g/mol. The Bertz CT molecular complexity index is 728. The van der Waals surface area contributed by atoms with Crippen LogP contribution in [0, 0.1) is 0 Å². The van der Waals surface area contributed by atoms with Gasteiger partial charge in [-0.3, -0.25) is 4.79 Å². The van der Waals surface area contributed by atoms with Crippen LogP contribution < -0.4 is 4.74 Å². The number of benzene rings is 2. The first-order chi connectivity index (χ1) is 10.0. The van der Waals surface area contributed by atoms with Gasteiger partial charge in [-0.1, -0.05) is 23.2 Å². The first kappa shape index (κ1) is 14.9. The van der Waals surface area contributed by atoms with Gasteiger partial charge in [-0.2, -0.15) is 0 Å². The molecule has 0 N–H and O–H groups in total. The van der Waals surface area contributed by atoms with E-state index >= 15 is 0 Å². The number of Topliss-reactive ketones (excluding diaryl/α,β-unsaturated/α-hetero) is 1. The van der Waals surface area contributed by atoms with Crippen LogP contribution in [0.15, 0.2) is 34.8 Å². The fourth-order valence-electron chi connectivity index (χ4n) is 2.42. The molecule has 0 amide bonds. The van der Waals surface area contributed by atoms with Crippen LogP contribution in [0.2, 0.25) is 10.0 Å². The Morgan fingerprint density at radius 2 is 2.05 bits per heavy atom. The Kier molecular flexibility index (Phi) is 4.25. The Balaban J connectivity index is 1.90. The lowest BCUT2D eigenvalue weighted by atomic mass is 10.00. The monoisotopic (exact) mass is 384 g/mol. The van der Waals surface area contributed by atoms with E-state index in [1.165, 1.54) is 0 Å². The molecular weight excluding hydrogens is 375 g/mol. The highest BCUT2D eigenvalue weighted by Gasteiger charge is 2.20. The summed E-state index contributed by atoms with van der Waals surface area (Å²) in [6.07, 6.45) is 1.10. The minimum absolute atomic E-state index is 0.00679. The van der Waals surface area contributed by atoms with Gasteiger partial charge in [0.05, 0.1) is 11.6 Å². The van der Waals surface area contributed by atoms with Crippen molar-refractivity contribution in [3.8, 4) is 5.75 Å². The molecule has 0 fully saturated rings. The summed E-state index contributed by atoms with van der Waals surface area (Å²) in [4.78, 5) is 12.4. The van der Waals surface area contributed by atoms with Gasteiger partial charge in [0.1, 0.15) is 5.75 Å². The zero-order valence-electron chi connectivity index (χ0n) is 11.0. The smallest absolute Gasteiger partial charge is 0.167 e. The van der Waals surface area contributed by atoms with Gasteiger partial charge in [0.15, 0.2) is 5.78 Å². The molecule has 2 aromatic carbocycles. The predicted octanol–water partition coefficient (Wildman–Crippen LogP) is 5.12. The van der Waals surface area contributed by atoms with E-state index in [1.54, 1.807) is 24.3 Å². The molecule has 0 spiro atoms. The molecule has 108 valence electrons. The highest BCUT2D eigenvalue weighted by Crippen LogP contribution is 2.34. The maximum absolute atomic E-state index is 12.4. The van der Waals surface area contributed by atoms with Crippen LogP contribution in [-0.4, -0.2) is 12.4 Å². The normalized spacial score (nSPS) is 12.9. The summed E-state index contributed by atoms with van der Waals surface area (Å²) in [6.45, 7) is 0.642. The quantitative estimate of drug-likeness (QED) is 0.685. The molecule has 2 aromatic rings. The summed E-state index contributed by atoms with van der Waals surface area (Å²) in [6, 6.07) is 8.86. The van der Waals surface area contributed by atoms with E-state index in [9.17, 15) is 4.79 Å². The van der Waals surface area contributed by atoms with Crippen molar-refractivity contribution in [1.29, 1.82) is 0 Å². The zero-order chi connectivity index (χ0) is 15.0. The SMILES string of the molecule is O=C(Cc1cc(Cl)cc2c1OCC2)c1ccc(Cl)c(Br)c1. The third-order valence-electron chi connectivity index (χ3n) is 3.42. The minimum atomic E-state index is 0.00679. The molecule has 0 saturated heterocycles. The standard InChI is InChI=1S/C16H11BrCl2O2/c17-13-7-9(1-2-14(13)19)15(20)8-11-6-12(18)5-10-3-4-21-16(10)11/h1-2,5-7H,3-4,8H2. The van der Waals surface area contributed by atoms with Gasteiger partial charge >= 0.3 is 0 Å². The van der Waals surface area contributed by atoms with E-state index in [2.05, 4.69) is 15.9 Å². The number of rotatable bonds is 3. The molecule has 0 radical (unpaired) electrons. The molecule has 0 unspecified atom stereocenters. The second kappa shape index (κ2) is 5.99. The number of hydrogen-bond acceptors (Lipinski definition) is 2. The van der Waals surface area contributed by atoms with Crippen molar-refractivity contribution in [3.63, 3.8) is 0 Å². The molecule has 21 heavy (non-hydrogen) atoms. The molecule has 5 heteroatoms. The average Bonchev–Trinajstić information content (AvgIpc) is 2.90. The van der Waals surface area contributed by atoms with Crippen LogP contribution in [0.3, 0.4) is 0 Å². The highest BCUT2D eigenvalue weighted by molar-refractivity contribution is 9.10. The van der Waals surface area contributed by atoms with Gasteiger partial charge in [0.2, 0.25) is 0 Å². The predicted molar refractivity (Wildman–Crippen MR) is 87.8 cm³/mol. The van der Waals surface area contributed by atoms with Gasteiger partial charge in [-0.15, -0.1) is 0 Å². The van der Waals surface area contributed by atoms with E-state index < -0.39 is 0 Å². The summed E-state index contributed by atoms with van der Waals surface area (Å²) in [7, 11) is 0. The molecule has 3 rings (SSSR count). The molecule has 2 nitrogen and oxygen atoms in total. The lowest BCUT2D eigenvalue weighted by molar-refractivity contribution is 0.0992. The molecule has 1 heterocycles. The molecule has 0 saturated carbocycles.